The van der Waals surface area contributed by atoms with Crippen molar-refractivity contribution in [3.63, 3.8) is 0 Å². The minimum atomic E-state index is -1.71. The minimum Gasteiger partial charge on any atom is -0.304 e. The van der Waals surface area contributed by atoms with Crippen molar-refractivity contribution in [3.05, 3.63) is 0 Å². The molecule has 0 spiro atoms. The molecule has 0 aliphatic heterocycles. The van der Waals surface area contributed by atoms with Crippen LogP contribution in [0.5, 0.6) is 0 Å². The Morgan fingerprint density at radius 2 is 2.00 bits per heavy atom. The molecule has 0 fully saturated rings. The van der Waals surface area contributed by atoms with Gasteiger partial charge in [0.25, 0.3) is 0 Å². The molecule has 0 saturated carbocycles. The largest absolute Gasteiger partial charge is 0.304 e. The molecule has 0 heterocycles. The first-order chi connectivity index (χ1) is 5.00. The number of halogens is 2. The van der Waals surface area contributed by atoms with Crippen LogP contribution in [-0.2, 0) is 11.1 Å². The van der Waals surface area contributed by atoms with E-state index in [4.69, 9.17) is 4.55 Å². The second-order valence-corrected chi connectivity index (χ2v) is 10.8. The molecule has 2 nitrogen and oxygen atoms in total. The van der Waals surface area contributed by atoms with Gasteiger partial charge in [-0.25, -0.2) is 4.21 Å². The maximum atomic E-state index is 10.7. The SMILES string of the molecule is CCCCCC(I)(I)S(=O)O. The van der Waals surface area contributed by atoms with Crippen molar-refractivity contribution < 1.29 is 8.76 Å². The average molecular weight is 402 g/mol. The van der Waals surface area contributed by atoms with Gasteiger partial charge in [-0.1, -0.05) is 26.2 Å². The van der Waals surface area contributed by atoms with Gasteiger partial charge in [-0.3, -0.25) is 0 Å². The highest BCUT2D eigenvalue weighted by molar-refractivity contribution is 14.2. The Hall–Kier alpha value is 1.57. The molecule has 0 aliphatic carbocycles. The van der Waals surface area contributed by atoms with Crippen molar-refractivity contribution in [1.29, 1.82) is 0 Å². The van der Waals surface area contributed by atoms with Crippen molar-refractivity contribution in [3.8, 4) is 0 Å². The molecular weight excluding hydrogens is 390 g/mol. The van der Waals surface area contributed by atoms with Gasteiger partial charge in [0.1, 0.15) is 0 Å². The molecule has 0 radical (unpaired) electrons. The zero-order valence-corrected chi connectivity index (χ0v) is 11.5. The molecule has 0 amide bonds. The van der Waals surface area contributed by atoms with Crippen molar-refractivity contribution in [2.75, 3.05) is 0 Å². The van der Waals surface area contributed by atoms with Crippen LogP contribution in [-0.4, -0.2) is 9.52 Å². The van der Waals surface area contributed by atoms with Crippen LogP contribution in [0.2, 0.25) is 0 Å². The average Bonchev–Trinajstić information content (AvgIpc) is 1.88. The fraction of sp³-hybridized carbons (Fsp3) is 1.00. The number of hydrogen-bond acceptors (Lipinski definition) is 1. The Morgan fingerprint density at radius 1 is 1.45 bits per heavy atom. The summed E-state index contributed by atoms with van der Waals surface area (Å²) in [6.45, 7) is 2.12. The lowest BCUT2D eigenvalue weighted by molar-refractivity contribution is 0.554. The summed E-state index contributed by atoms with van der Waals surface area (Å²) in [5, 5.41) is 0. The molecule has 68 valence electrons. The molecule has 0 bridgehead atoms. The zero-order valence-electron chi connectivity index (χ0n) is 6.35. The van der Waals surface area contributed by atoms with E-state index in [1.165, 1.54) is 0 Å². The van der Waals surface area contributed by atoms with Crippen LogP contribution >= 0.6 is 45.2 Å². The summed E-state index contributed by atoms with van der Waals surface area (Å²) in [5.41, 5.74) is 0. The third-order valence-electron chi connectivity index (χ3n) is 1.33. The summed E-state index contributed by atoms with van der Waals surface area (Å²) < 4.78 is 19.1. The maximum absolute atomic E-state index is 10.7. The van der Waals surface area contributed by atoms with E-state index in [0.29, 0.717) is 0 Å². The minimum absolute atomic E-state index is 0.481. The van der Waals surface area contributed by atoms with Gasteiger partial charge in [0, 0.05) is 0 Å². The van der Waals surface area contributed by atoms with Gasteiger partial charge >= 0.3 is 0 Å². The van der Waals surface area contributed by atoms with Crippen LogP contribution in [0.25, 0.3) is 0 Å². The highest BCUT2D eigenvalue weighted by Crippen LogP contribution is 2.36. The van der Waals surface area contributed by atoms with Gasteiger partial charge in [0.15, 0.2) is 11.8 Å². The Labute approximate surface area is 97.5 Å². The predicted octanol–water partition coefficient (Wildman–Crippen LogP) is 3.31. The van der Waals surface area contributed by atoms with E-state index < -0.39 is 11.8 Å². The molecule has 0 aliphatic rings. The topological polar surface area (TPSA) is 37.3 Å². The van der Waals surface area contributed by atoms with E-state index in [-0.39, 0.29) is 0 Å². The summed E-state index contributed by atoms with van der Waals surface area (Å²) in [6, 6.07) is 0. The number of hydrogen-bond donors (Lipinski definition) is 1. The molecule has 0 aromatic carbocycles. The van der Waals surface area contributed by atoms with Crippen molar-refractivity contribution in [2.24, 2.45) is 0 Å². The number of rotatable bonds is 5. The molecule has 0 aromatic rings. The molecular formula is C6H12I2O2S. The first-order valence-corrected chi connectivity index (χ1v) is 6.76. The third kappa shape index (κ3) is 5.75. The Kier molecular flexibility index (Phi) is 6.96. The zero-order chi connectivity index (χ0) is 8.91. The lowest BCUT2D eigenvalue weighted by atomic mass is 10.2. The predicted molar refractivity (Wildman–Crippen MR) is 65.7 cm³/mol. The first-order valence-electron chi connectivity index (χ1n) is 3.49. The van der Waals surface area contributed by atoms with Crippen LogP contribution in [0.15, 0.2) is 0 Å². The summed E-state index contributed by atoms with van der Waals surface area (Å²) in [4.78, 5) is 0. The van der Waals surface area contributed by atoms with Crippen LogP contribution in [0, 0.1) is 0 Å². The van der Waals surface area contributed by atoms with Gasteiger partial charge in [0.2, 0.25) is 0 Å². The fourth-order valence-electron chi connectivity index (χ4n) is 0.668. The van der Waals surface area contributed by atoms with Crippen LogP contribution in [0.4, 0.5) is 0 Å². The Balaban J connectivity index is 3.64. The molecule has 11 heavy (non-hydrogen) atoms. The quantitative estimate of drug-likeness (QED) is 0.332. The smallest absolute Gasteiger partial charge is 0.179 e. The Bertz CT molecular complexity index is 139. The van der Waals surface area contributed by atoms with Crippen LogP contribution < -0.4 is 0 Å². The second-order valence-electron chi connectivity index (χ2n) is 2.34. The van der Waals surface area contributed by atoms with Gasteiger partial charge in [-0.15, -0.1) is 0 Å². The van der Waals surface area contributed by atoms with Gasteiger partial charge in [0.05, 0.1) is 0 Å². The van der Waals surface area contributed by atoms with Crippen LogP contribution in [0.1, 0.15) is 32.6 Å². The normalized spacial score (nSPS) is 14.9. The molecule has 1 N–H and O–H groups in total. The number of unbranched alkanes of at least 4 members (excludes halogenated alkanes) is 2. The maximum Gasteiger partial charge on any atom is 0.179 e. The summed E-state index contributed by atoms with van der Waals surface area (Å²) in [5.74, 6) is 0. The summed E-state index contributed by atoms with van der Waals surface area (Å²) in [7, 11) is 0. The van der Waals surface area contributed by atoms with Gasteiger partial charge in [-0.2, -0.15) is 0 Å². The molecule has 0 rings (SSSR count). The van der Waals surface area contributed by atoms with E-state index in [9.17, 15) is 4.21 Å². The summed E-state index contributed by atoms with van der Waals surface area (Å²) >= 11 is 2.38. The molecule has 1 unspecified atom stereocenters. The lowest BCUT2D eigenvalue weighted by Crippen LogP contribution is -2.17. The van der Waals surface area contributed by atoms with Crippen molar-refractivity contribution in [1.82, 2.24) is 0 Å². The van der Waals surface area contributed by atoms with E-state index in [1.807, 2.05) is 45.2 Å². The fourth-order valence-corrected chi connectivity index (χ4v) is 1.75. The van der Waals surface area contributed by atoms with Crippen molar-refractivity contribution in [2.45, 2.75) is 33.4 Å². The molecule has 0 saturated heterocycles. The molecule has 1 atom stereocenters. The highest BCUT2D eigenvalue weighted by Gasteiger charge is 2.28. The number of alkyl halides is 2. The monoisotopic (exact) mass is 402 g/mol. The lowest BCUT2D eigenvalue weighted by Gasteiger charge is -2.14. The first kappa shape index (κ1) is 12.6. The molecule has 0 aromatic heterocycles. The van der Waals surface area contributed by atoms with Gasteiger partial charge in [-0.05, 0) is 51.6 Å². The highest BCUT2D eigenvalue weighted by atomic mass is 127. The van der Waals surface area contributed by atoms with Gasteiger partial charge < -0.3 is 4.55 Å². The van der Waals surface area contributed by atoms with Crippen LogP contribution in [0.3, 0.4) is 0 Å². The third-order valence-corrected chi connectivity index (χ3v) is 5.38. The van der Waals surface area contributed by atoms with Crippen molar-refractivity contribution >= 4 is 56.3 Å². The van der Waals surface area contributed by atoms with E-state index in [0.717, 1.165) is 25.7 Å². The Morgan fingerprint density at radius 3 is 2.36 bits per heavy atom. The second kappa shape index (κ2) is 6.09. The summed E-state index contributed by atoms with van der Waals surface area (Å²) in [6.07, 6.45) is 4.14. The standard InChI is InChI=1S/C6H12I2O2S/c1-2-3-4-5-6(7,8)11(9)10/h2-5H2,1H3,(H,9,10). The van der Waals surface area contributed by atoms with E-state index in [2.05, 4.69) is 6.92 Å². The van der Waals surface area contributed by atoms with E-state index in [1.54, 1.807) is 0 Å². The van der Waals surface area contributed by atoms with E-state index >= 15 is 0 Å². The molecule has 5 heteroatoms.